The molecule has 0 aliphatic heterocycles. The maximum Gasteiger partial charge on any atom is 0.333 e. The molecule has 0 aliphatic rings. The van der Waals surface area contributed by atoms with E-state index in [9.17, 15) is 9.59 Å². The molecule has 0 saturated heterocycles. The molecule has 4 aromatic rings. The van der Waals surface area contributed by atoms with Crippen molar-refractivity contribution in [1.29, 1.82) is 0 Å². The molecule has 1 unspecified atom stereocenters. The quantitative estimate of drug-likeness (QED) is 0.148. The molecular weight excluding hydrogens is 488 g/mol. The molecule has 36 heavy (non-hydrogen) atoms. The highest BCUT2D eigenvalue weighted by Crippen LogP contribution is 2.33. The SMILES string of the molecule is CCC(CC)[C@H](CNCC(=O)c1cccs1)OC(=O)C(Nc1ccccc1)c1csc2ccccc12. The molecule has 7 heteroatoms. The van der Waals surface area contributed by atoms with Crippen molar-refractivity contribution >= 4 is 50.2 Å². The van der Waals surface area contributed by atoms with E-state index in [1.54, 1.807) is 11.3 Å². The van der Waals surface area contributed by atoms with Crippen molar-refractivity contribution < 1.29 is 14.3 Å². The van der Waals surface area contributed by atoms with Crippen LogP contribution in [0.3, 0.4) is 0 Å². The zero-order chi connectivity index (χ0) is 25.3. The van der Waals surface area contributed by atoms with Crippen LogP contribution in [0.4, 0.5) is 5.69 Å². The van der Waals surface area contributed by atoms with Gasteiger partial charge < -0.3 is 15.4 Å². The number of ketones is 1. The van der Waals surface area contributed by atoms with E-state index in [4.69, 9.17) is 4.74 Å². The fourth-order valence-electron chi connectivity index (χ4n) is 4.38. The number of ether oxygens (including phenoxy) is 1. The van der Waals surface area contributed by atoms with E-state index in [1.165, 1.54) is 11.3 Å². The Morgan fingerprint density at radius 1 is 0.917 bits per heavy atom. The topological polar surface area (TPSA) is 67.4 Å². The van der Waals surface area contributed by atoms with Crippen LogP contribution in [0, 0.1) is 5.92 Å². The molecule has 188 valence electrons. The van der Waals surface area contributed by atoms with Gasteiger partial charge in [-0.1, -0.05) is 56.3 Å². The third kappa shape index (κ3) is 6.40. The Morgan fingerprint density at radius 3 is 2.39 bits per heavy atom. The lowest BCUT2D eigenvalue weighted by molar-refractivity contribution is -0.153. The van der Waals surface area contributed by atoms with Crippen molar-refractivity contribution in [2.75, 3.05) is 18.4 Å². The molecule has 2 heterocycles. The minimum Gasteiger partial charge on any atom is -0.459 e. The summed E-state index contributed by atoms with van der Waals surface area (Å²) in [5.74, 6) is -0.0754. The lowest BCUT2D eigenvalue weighted by Crippen LogP contribution is -2.40. The molecule has 2 aromatic heterocycles. The summed E-state index contributed by atoms with van der Waals surface area (Å²) in [4.78, 5) is 26.9. The largest absolute Gasteiger partial charge is 0.459 e. The van der Waals surface area contributed by atoms with Crippen molar-refractivity contribution in [2.24, 2.45) is 5.92 Å². The Kier molecular flexibility index (Phi) is 9.28. The summed E-state index contributed by atoms with van der Waals surface area (Å²) in [6.07, 6.45) is 1.42. The van der Waals surface area contributed by atoms with Crippen LogP contribution in [0.25, 0.3) is 10.1 Å². The van der Waals surface area contributed by atoms with Crippen molar-refractivity contribution in [3.63, 3.8) is 0 Å². The van der Waals surface area contributed by atoms with Gasteiger partial charge >= 0.3 is 5.97 Å². The molecule has 0 aliphatic carbocycles. The summed E-state index contributed by atoms with van der Waals surface area (Å²) in [6.45, 7) is 4.86. The summed E-state index contributed by atoms with van der Waals surface area (Å²) >= 11 is 3.06. The summed E-state index contributed by atoms with van der Waals surface area (Å²) in [6, 6.07) is 20.9. The molecule has 0 bridgehead atoms. The van der Waals surface area contributed by atoms with Crippen molar-refractivity contribution in [1.82, 2.24) is 5.32 Å². The summed E-state index contributed by atoms with van der Waals surface area (Å²) in [5, 5.41) is 11.6. The van der Waals surface area contributed by atoms with Gasteiger partial charge in [0.25, 0.3) is 0 Å². The second kappa shape index (κ2) is 12.8. The van der Waals surface area contributed by atoms with E-state index < -0.39 is 6.04 Å². The maximum atomic E-state index is 13.7. The van der Waals surface area contributed by atoms with Gasteiger partial charge in [0.15, 0.2) is 11.8 Å². The van der Waals surface area contributed by atoms with Crippen LogP contribution < -0.4 is 10.6 Å². The second-order valence-electron chi connectivity index (χ2n) is 8.71. The first-order chi connectivity index (χ1) is 17.6. The molecule has 4 rings (SSSR count). The number of esters is 1. The Bertz CT molecular complexity index is 1250. The number of fused-ring (bicyclic) bond motifs is 1. The van der Waals surface area contributed by atoms with Gasteiger partial charge in [-0.05, 0) is 59.2 Å². The zero-order valence-corrected chi connectivity index (χ0v) is 22.2. The summed E-state index contributed by atoms with van der Waals surface area (Å²) in [5.41, 5.74) is 1.77. The fraction of sp³-hybridized carbons (Fsp3) is 0.310. The first-order valence-electron chi connectivity index (χ1n) is 12.4. The number of hydrogen-bond acceptors (Lipinski definition) is 7. The predicted molar refractivity (Wildman–Crippen MR) is 150 cm³/mol. The molecule has 2 N–H and O–H groups in total. The van der Waals surface area contributed by atoms with Gasteiger partial charge in [-0.25, -0.2) is 4.79 Å². The maximum absolute atomic E-state index is 13.7. The average molecular weight is 521 g/mol. The lowest BCUT2D eigenvalue weighted by atomic mass is 9.96. The van der Waals surface area contributed by atoms with Gasteiger partial charge in [0.05, 0.1) is 11.4 Å². The Labute approximate surface area is 220 Å². The molecule has 0 radical (unpaired) electrons. The van der Waals surface area contributed by atoms with Crippen LogP contribution in [-0.4, -0.2) is 30.9 Å². The standard InChI is InChI=1S/C29H32N2O3S2/c1-3-20(4-2)25(18-30-17-24(32)27-15-10-16-35-27)34-29(33)28(31-21-11-6-5-7-12-21)23-19-36-26-14-9-8-13-22(23)26/h5-16,19-20,25,28,30-31H,3-4,17-18H2,1-2H3/t25-,28?/m0/s1. The van der Waals surface area contributed by atoms with E-state index >= 15 is 0 Å². The Balaban J connectivity index is 1.53. The minimum absolute atomic E-state index is 0.0491. The molecule has 0 saturated carbocycles. The number of thiophene rings is 2. The van der Waals surface area contributed by atoms with E-state index in [2.05, 4.69) is 30.5 Å². The number of rotatable bonds is 13. The Hall–Kier alpha value is -3.00. The highest BCUT2D eigenvalue weighted by Gasteiger charge is 2.30. The number of benzene rings is 2. The first kappa shape index (κ1) is 26.1. The highest BCUT2D eigenvalue weighted by atomic mass is 32.1. The average Bonchev–Trinajstić information content (AvgIpc) is 3.59. The number of carbonyl (C=O) groups excluding carboxylic acids is 2. The third-order valence-electron chi connectivity index (χ3n) is 6.41. The zero-order valence-electron chi connectivity index (χ0n) is 20.6. The van der Waals surface area contributed by atoms with E-state index in [-0.39, 0.29) is 30.3 Å². The van der Waals surface area contributed by atoms with Gasteiger partial charge in [-0.2, -0.15) is 0 Å². The van der Waals surface area contributed by atoms with Crippen LogP contribution in [-0.2, 0) is 9.53 Å². The number of Topliss-reactive ketones (excluding diaryl/α,β-unsaturated/α-hetero) is 1. The summed E-state index contributed by atoms with van der Waals surface area (Å²) < 4.78 is 7.34. The van der Waals surface area contributed by atoms with E-state index in [0.717, 1.165) is 39.1 Å². The smallest absolute Gasteiger partial charge is 0.333 e. The monoisotopic (exact) mass is 520 g/mol. The second-order valence-corrected chi connectivity index (χ2v) is 10.6. The van der Waals surface area contributed by atoms with Crippen LogP contribution in [0.2, 0.25) is 0 Å². The predicted octanol–water partition coefficient (Wildman–Crippen LogP) is 6.94. The lowest BCUT2D eigenvalue weighted by Gasteiger charge is -2.28. The van der Waals surface area contributed by atoms with Gasteiger partial charge in [-0.15, -0.1) is 22.7 Å². The number of nitrogens with one attached hydrogen (secondary N) is 2. The van der Waals surface area contributed by atoms with Crippen LogP contribution in [0.1, 0.15) is 48.0 Å². The third-order valence-corrected chi connectivity index (χ3v) is 8.30. The minimum atomic E-state index is -0.645. The van der Waals surface area contributed by atoms with Crippen molar-refractivity contribution in [3.05, 3.63) is 87.9 Å². The number of para-hydroxylation sites is 1. The fourth-order valence-corrected chi connectivity index (χ4v) is 6.03. The van der Waals surface area contributed by atoms with Gasteiger partial charge in [0.1, 0.15) is 6.10 Å². The van der Waals surface area contributed by atoms with Crippen molar-refractivity contribution in [2.45, 2.75) is 38.8 Å². The van der Waals surface area contributed by atoms with Crippen LogP contribution >= 0.6 is 22.7 Å². The van der Waals surface area contributed by atoms with E-state index in [1.807, 2.05) is 71.4 Å². The highest BCUT2D eigenvalue weighted by molar-refractivity contribution is 7.17. The molecule has 0 amide bonds. The molecular formula is C29H32N2O3S2. The van der Waals surface area contributed by atoms with Crippen molar-refractivity contribution in [3.8, 4) is 0 Å². The first-order valence-corrected chi connectivity index (χ1v) is 14.1. The molecule has 5 nitrogen and oxygen atoms in total. The van der Waals surface area contributed by atoms with Crippen LogP contribution in [0.5, 0.6) is 0 Å². The van der Waals surface area contributed by atoms with Gasteiger partial charge in [0.2, 0.25) is 0 Å². The molecule has 2 atom stereocenters. The molecule has 2 aromatic carbocycles. The van der Waals surface area contributed by atoms with Gasteiger partial charge in [-0.3, -0.25) is 4.79 Å². The number of carbonyl (C=O) groups is 2. The normalized spacial score (nSPS) is 13.0. The molecule has 0 fully saturated rings. The Morgan fingerprint density at radius 2 is 1.67 bits per heavy atom. The number of anilines is 1. The molecule has 0 spiro atoms. The van der Waals surface area contributed by atoms with E-state index in [0.29, 0.717) is 6.54 Å². The number of hydrogen-bond donors (Lipinski definition) is 2. The van der Waals surface area contributed by atoms with Gasteiger partial charge in [0, 0.05) is 22.5 Å². The van der Waals surface area contributed by atoms with Crippen LogP contribution in [0.15, 0.2) is 77.5 Å². The summed E-state index contributed by atoms with van der Waals surface area (Å²) in [7, 11) is 0.